The van der Waals surface area contributed by atoms with E-state index in [1.165, 1.54) is 51.4 Å². The minimum absolute atomic E-state index is 0. The molecule has 1 N–H and O–H groups in total. The third-order valence-electron chi connectivity index (χ3n) is 3.83. The molecule has 0 radical (unpaired) electrons. The van der Waals surface area contributed by atoms with Crippen molar-refractivity contribution in [3.05, 3.63) is 0 Å². The van der Waals surface area contributed by atoms with E-state index in [0.29, 0.717) is 17.4 Å². The van der Waals surface area contributed by atoms with E-state index in [0.717, 1.165) is 6.42 Å². The molecule has 0 unspecified atom stereocenters. The van der Waals surface area contributed by atoms with Crippen molar-refractivity contribution in [2.45, 2.75) is 71.1 Å². The van der Waals surface area contributed by atoms with Crippen LogP contribution >= 0.6 is 0 Å². The molecule has 0 saturated heterocycles. The summed E-state index contributed by atoms with van der Waals surface area (Å²) in [7, 11) is 3.76. The van der Waals surface area contributed by atoms with Gasteiger partial charge in [-0.25, -0.2) is 4.79 Å². The number of aliphatic hydroxyl groups excluding tert-OH is 1. The molecule has 0 aliphatic carbocycles. The SMILES string of the molecule is CCCCCCCCCCCC(=O)[N+](C)(C)CCO.[Cl-]. The minimum atomic E-state index is 0. The summed E-state index contributed by atoms with van der Waals surface area (Å²) in [6.07, 6.45) is 12.2. The van der Waals surface area contributed by atoms with Gasteiger partial charge >= 0.3 is 5.91 Å². The molecule has 0 aromatic heterocycles. The van der Waals surface area contributed by atoms with Crippen LogP contribution in [0.4, 0.5) is 0 Å². The Kier molecular flexibility index (Phi) is 15.3. The summed E-state index contributed by atoms with van der Waals surface area (Å²) in [6, 6.07) is 0. The van der Waals surface area contributed by atoms with Crippen molar-refractivity contribution < 1.29 is 26.8 Å². The minimum Gasteiger partial charge on any atom is -1.00 e. The normalized spacial score (nSPS) is 11.2. The van der Waals surface area contributed by atoms with E-state index in [9.17, 15) is 4.79 Å². The average Bonchev–Trinajstić information content (AvgIpc) is 2.36. The summed E-state index contributed by atoms with van der Waals surface area (Å²) in [6.45, 7) is 2.85. The molecule has 0 bridgehead atoms. The first-order chi connectivity index (χ1) is 9.04. The van der Waals surface area contributed by atoms with Crippen LogP contribution in [0.2, 0.25) is 0 Å². The number of amides is 1. The van der Waals surface area contributed by atoms with E-state index >= 15 is 0 Å². The first kappa shape index (κ1) is 22.2. The van der Waals surface area contributed by atoms with Crippen molar-refractivity contribution in [1.29, 1.82) is 0 Å². The predicted octanol–water partition coefficient (Wildman–Crippen LogP) is 0.507. The van der Waals surface area contributed by atoms with Gasteiger partial charge in [0.2, 0.25) is 0 Å². The molecular weight excluding hydrogens is 274 g/mol. The van der Waals surface area contributed by atoms with Gasteiger partial charge in [0.15, 0.2) is 0 Å². The van der Waals surface area contributed by atoms with Gasteiger partial charge in [0.05, 0.1) is 27.1 Å². The molecular formula is C16H34ClNO2. The predicted molar refractivity (Wildman–Crippen MR) is 80.9 cm³/mol. The quantitative estimate of drug-likeness (QED) is 0.421. The van der Waals surface area contributed by atoms with Crippen LogP contribution in [0.15, 0.2) is 0 Å². The summed E-state index contributed by atoms with van der Waals surface area (Å²) in [5, 5.41) is 8.91. The zero-order valence-corrected chi connectivity index (χ0v) is 14.4. The molecule has 3 nitrogen and oxygen atoms in total. The van der Waals surface area contributed by atoms with Gasteiger partial charge in [-0.05, 0) is 6.42 Å². The number of halogens is 1. The molecule has 0 saturated carbocycles. The average molecular weight is 308 g/mol. The smallest absolute Gasteiger partial charge is 0.313 e. The van der Waals surface area contributed by atoms with E-state index in [4.69, 9.17) is 5.11 Å². The summed E-state index contributed by atoms with van der Waals surface area (Å²) in [4.78, 5) is 11.9. The van der Waals surface area contributed by atoms with Gasteiger partial charge < -0.3 is 17.5 Å². The lowest BCUT2D eigenvalue weighted by Gasteiger charge is -2.25. The van der Waals surface area contributed by atoms with Gasteiger partial charge in [-0.1, -0.05) is 58.3 Å². The molecule has 4 heteroatoms. The van der Waals surface area contributed by atoms with Gasteiger partial charge in [-0.3, -0.25) is 4.48 Å². The van der Waals surface area contributed by atoms with Crippen molar-refractivity contribution in [2.24, 2.45) is 0 Å². The Morgan fingerprint density at radius 3 is 1.80 bits per heavy atom. The number of likely N-dealkylation sites (N-methyl/N-ethyl adjacent to an activating group) is 1. The number of hydrogen-bond acceptors (Lipinski definition) is 2. The third kappa shape index (κ3) is 11.7. The number of aliphatic hydroxyl groups is 1. The molecule has 0 aromatic rings. The largest absolute Gasteiger partial charge is 1.00 e. The zero-order valence-electron chi connectivity index (χ0n) is 13.7. The number of rotatable bonds is 12. The molecule has 0 spiro atoms. The molecule has 0 aliphatic rings. The lowest BCUT2D eigenvalue weighted by atomic mass is 10.1. The van der Waals surface area contributed by atoms with Crippen LogP contribution in [0, 0.1) is 0 Å². The van der Waals surface area contributed by atoms with Crippen molar-refractivity contribution >= 4 is 5.91 Å². The summed E-state index contributed by atoms with van der Waals surface area (Å²) in [5.41, 5.74) is 0. The maximum atomic E-state index is 11.9. The molecule has 122 valence electrons. The van der Waals surface area contributed by atoms with Gasteiger partial charge in [-0.15, -0.1) is 0 Å². The molecule has 0 atom stereocenters. The fraction of sp³-hybridized carbons (Fsp3) is 0.938. The third-order valence-corrected chi connectivity index (χ3v) is 3.83. The number of nitrogens with zero attached hydrogens (tertiary/aromatic N) is 1. The van der Waals surface area contributed by atoms with Crippen LogP contribution in [0.3, 0.4) is 0 Å². The van der Waals surface area contributed by atoms with Crippen LogP contribution in [-0.4, -0.2) is 42.7 Å². The zero-order chi connectivity index (χ0) is 14.6. The first-order valence-corrected chi connectivity index (χ1v) is 8.02. The Bertz CT molecular complexity index is 233. The Balaban J connectivity index is 0. The van der Waals surface area contributed by atoms with Gasteiger partial charge in [0.1, 0.15) is 6.54 Å². The van der Waals surface area contributed by atoms with Crippen LogP contribution in [-0.2, 0) is 4.79 Å². The number of unbranched alkanes of at least 4 members (excludes halogenated alkanes) is 8. The van der Waals surface area contributed by atoms with Crippen LogP contribution in [0.1, 0.15) is 71.1 Å². The maximum absolute atomic E-state index is 11.9. The standard InChI is InChI=1S/C16H34NO2.ClH/c1-4-5-6-7-8-9-10-11-12-13-16(19)17(2,3)14-15-18;/h18H,4-15H2,1-3H3;1H/q+1;/p-1. The Hall–Kier alpha value is -0.120. The molecule has 0 aliphatic heterocycles. The Morgan fingerprint density at radius 2 is 1.35 bits per heavy atom. The highest BCUT2D eigenvalue weighted by molar-refractivity contribution is 5.68. The molecule has 0 fully saturated rings. The highest BCUT2D eigenvalue weighted by Crippen LogP contribution is 2.12. The summed E-state index contributed by atoms with van der Waals surface area (Å²) < 4.78 is 0.313. The lowest BCUT2D eigenvalue weighted by molar-refractivity contribution is -0.814. The number of carbonyl (C=O) groups is 1. The van der Waals surface area contributed by atoms with Gasteiger partial charge in [-0.2, -0.15) is 0 Å². The fourth-order valence-electron chi connectivity index (χ4n) is 2.26. The summed E-state index contributed by atoms with van der Waals surface area (Å²) >= 11 is 0. The Morgan fingerprint density at radius 1 is 0.900 bits per heavy atom. The van der Waals surface area contributed by atoms with Crippen molar-refractivity contribution in [2.75, 3.05) is 27.2 Å². The van der Waals surface area contributed by atoms with E-state index in [1.807, 2.05) is 14.1 Å². The van der Waals surface area contributed by atoms with Crippen molar-refractivity contribution in [3.8, 4) is 0 Å². The molecule has 0 heterocycles. The van der Waals surface area contributed by atoms with E-state index < -0.39 is 0 Å². The molecule has 20 heavy (non-hydrogen) atoms. The van der Waals surface area contributed by atoms with Crippen LogP contribution in [0.5, 0.6) is 0 Å². The molecule has 1 amide bonds. The van der Waals surface area contributed by atoms with Gasteiger partial charge in [0.25, 0.3) is 0 Å². The van der Waals surface area contributed by atoms with Crippen LogP contribution < -0.4 is 12.4 Å². The van der Waals surface area contributed by atoms with E-state index in [1.54, 1.807) is 0 Å². The topological polar surface area (TPSA) is 37.3 Å². The fourth-order valence-corrected chi connectivity index (χ4v) is 2.26. The number of hydrogen-bond donors (Lipinski definition) is 1. The Labute approximate surface area is 131 Å². The second-order valence-electron chi connectivity index (χ2n) is 6.10. The van der Waals surface area contributed by atoms with Crippen molar-refractivity contribution in [3.63, 3.8) is 0 Å². The number of carbonyl (C=O) groups excluding carboxylic acids is 1. The van der Waals surface area contributed by atoms with E-state index in [-0.39, 0.29) is 24.9 Å². The lowest BCUT2D eigenvalue weighted by Crippen LogP contribution is -3.00. The second-order valence-corrected chi connectivity index (χ2v) is 6.10. The number of quaternary nitrogens is 1. The monoisotopic (exact) mass is 307 g/mol. The highest BCUT2D eigenvalue weighted by Gasteiger charge is 2.24. The van der Waals surface area contributed by atoms with Gasteiger partial charge in [0, 0.05) is 0 Å². The first-order valence-electron chi connectivity index (χ1n) is 8.02. The molecule has 0 rings (SSSR count). The van der Waals surface area contributed by atoms with E-state index in [2.05, 4.69) is 6.92 Å². The second kappa shape index (κ2) is 13.8. The highest BCUT2D eigenvalue weighted by atomic mass is 35.5. The maximum Gasteiger partial charge on any atom is 0.313 e. The van der Waals surface area contributed by atoms with Crippen LogP contribution in [0.25, 0.3) is 0 Å². The molecule has 0 aromatic carbocycles. The van der Waals surface area contributed by atoms with Crippen molar-refractivity contribution in [1.82, 2.24) is 0 Å². The summed E-state index contributed by atoms with van der Waals surface area (Å²) in [5.74, 6) is 0.247.